The minimum atomic E-state index is -0.479. The van der Waals surface area contributed by atoms with Crippen molar-refractivity contribution in [1.29, 1.82) is 0 Å². The van der Waals surface area contributed by atoms with Crippen LogP contribution in [0.4, 0.5) is 0 Å². The third kappa shape index (κ3) is 3.32. The van der Waals surface area contributed by atoms with Crippen molar-refractivity contribution in [2.45, 2.75) is 19.4 Å². The molecule has 3 nitrogen and oxygen atoms in total. The molecule has 4 heteroatoms. The van der Waals surface area contributed by atoms with Gasteiger partial charge in [-0.1, -0.05) is 37.3 Å². The molecule has 0 spiro atoms. The number of thiocarbonyl (C=S) groups is 1. The molecule has 0 saturated carbocycles. The van der Waals surface area contributed by atoms with E-state index in [1.165, 1.54) is 0 Å². The van der Waals surface area contributed by atoms with Crippen molar-refractivity contribution in [2.75, 3.05) is 0 Å². The molecule has 0 amide bonds. The first-order valence-corrected chi connectivity index (χ1v) is 5.11. The van der Waals surface area contributed by atoms with Gasteiger partial charge in [-0.3, -0.25) is 0 Å². The van der Waals surface area contributed by atoms with Crippen LogP contribution in [0.1, 0.15) is 23.7 Å². The van der Waals surface area contributed by atoms with Crippen LogP contribution in [0.25, 0.3) is 0 Å². The van der Waals surface area contributed by atoms with E-state index in [2.05, 4.69) is 0 Å². The average Bonchev–Trinajstić information content (AvgIpc) is 2.26. The zero-order valence-corrected chi connectivity index (χ0v) is 9.29. The van der Waals surface area contributed by atoms with Gasteiger partial charge in [0.15, 0.2) is 6.10 Å². The minimum absolute atomic E-state index is 0.210. The zero-order valence-electron chi connectivity index (χ0n) is 8.47. The summed E-state index contributed by atoms with van der Waals surface area (Å²) in [6, 6.07) is 8.77. The highest BCUT2D eigenvalue weighted by atomic mass is 32.1. The number of hydrogen-bond acceptors (Lipinski definition) is 3. The molecule has 1 aromatic carbocycles. The molecule has 1 aromatic rings. The van der Waals surface area contributed by atoms with Gasteiger partial charge in [0.1, 0.15) is 4.99 Å². The van der Waals surface area contributed by atoms with Gasteiger partial charge in [-0.2, -0.15) is 0 Å². The highest BCUT2D eigenvalue weighted by molar-refractivity contribution is 7.80. The molecule has 0 unspecified atom stereocenters. The Morgan fingerprint density at radius 3 is 2.53 bits per heavy atom. The van der Waals surface area contributed by atoms with Crippen LogP contribution < -0.4 is 5.73 Å². The summed E-state index contributed by atoms with van der Waals surface area (Å²) in [6.07, 6.45) is 0.112. The van der Waals surface area contributed by atoms with E-state index in [0.29, 0.717) is 12.0 Å². The Morgan fingerprint density at radius 2 is 2.07 bits per heavy atom. The molecule has 2 N–H and O–H groups in total. The van der Waals surface area contributed by atoms with Gasteiger partial charge >= 0.3 is 5.97 Å². The first-order chi connectivity index (χ1) is 7.15. The fourth-order valence-corrected chi connectivity index (χ4v) is 1.33. The molecule has 1 rings (SSSR count). The molecule has 0 aliphatic rings. The van der Waals surface area contributed by atoms with Gasteiger partial charge in [-0.25, -0.2) is 4.79 Å². The number of carbonyl (C=O) groups excluding carboxylic acids is 1. The molecule has 1 atom stereocenters. The van der Waals surface area contributed by atoms with E-state index in [1.807, 2.05) is 13.0 Å². The maximum Gasteiger partial charge on any atom is 0.338 e. The molecule has 0 aromatic heterocycles. The zero-order chi connectivity index (χ0) is 11.3. The summed E-state index contributed by atoms with van der Waals surface area (Å²) in [5.74, 6) is -0.393. The summed E-state index contributed by atoms with van der Waals surface area (Å²) < 4.78 is 5.14. The molecule has 0 saturated heterocycles. The average molecular weight is 223 g/mol. The second-order valence-corrected chi connectivity index (χ2v) is 3.54. The van der Waals surface area contributed by atoms with Crippen LogP contribution in [0.2, 0.25) is 0 Å². The standard InChI is InChI=1S/C11H13NO2S/c1-2-9(10(12)15)14-11(13)8-6-4-3-5-7-8/h3-7,9H,2H2,1H3,(H2,12,15)/t9-/m1/s1. The highest BCUT2D eigenvalue weighted by Crippen LogP contribution is 2.06. The maximum absolute atomic E-state index is 11.6. The summed E-state index contributed by atoms with van der Waals surface area (Å²) in [5.41, 5.74) is 5.93. The van der Waals surface area contributed by atoms with E-state index < -0.39 is 12.1 Å². The molecule has 0 aliphatic heterocycles. The Hall–Kier alpha value is -1.42. The smallest absolute Gasteiger partial charge is 0.338 e. The number of esters is 1. The van der Waals surface area contributed by atoms with E-state index in [0.717, 1.165) is 0 Å². The lowest BCUT2D eigenvalue weighted by atomic mass is 10.2. The van der Waals surface area contributed by atoms with Crippen LogP contribution in [0.5, 0.6) is 0 Å². The van der Waals surface area contributed by atoms with E-state index in [1.54, 1.807) is 24.3 Å². The lowest BCUT2D eigenvalue weighted by molar-refractivity contribution is 0.0422. The number of hydrogen-bond donors (Lipinski definition) is 1. The molecule has 15 heavy (non-hydrogen) atoms. The second kappa shape index (κ2) is 5.46. The molecule has 0 fully saturated rings. The van der Waals surface area contributed by atoms with Crippen molar-refractivity contribution in [2.24, 2.45) is 5.73 Å². The first kappa shape index (κ1) is 11.7. The lowest BCUT2D eigenvalue weighted by Gasteiger charge is -2.14. The number of benzene rings is 1. The van der Waals surface area contributed by atoms with Gasteiger partial charge in [0.2, 0.25) is 0 Å². The highest BCUT2D eigenvalue weighted by Gasteiger charge is 2.15. The monoisotopic (exact) mass is 223 g/mol. The summed E-state index contributed by atoms with van der Waals surface area (Å²) in [7, 11) is 0. The van der Waals surface area contributed by atoms with Gasteiger partial charge in [0.25, 0.3) is 0 Å². The normalized spacial score (nSPS) is 11.8. The Balaban J connectivity index is 2.67. The third-order valence-electron chi connectivity index (χ3n) is 1.95. The molecular weight excluding hydrogens is 210 g/mol. The summed E-state index contributed by atoms with van der Waals surface area (Å²) in [6.45, 7) is 1.86. The second-order valence-electron chi connectivity index (χ2n) is 3.07. The Labute approximate surface area is 94.2 Å². The van der Waals surface area contributed by atoms with E-state index in [4.69, 9.17) is 22.7 Å². The van der Waals surface area contributed by atoms with Crippen LogP contribution in [-0.2, 0) is 4.74 Å². The van der Waals surface area contributed by atoms with E-state index in [-0.39, 0.29) is 4.99 Å². The van der Waals surface area contributed by atoms with Crippen molar-refractivity contribution >= 4 is 23.2 Å². The Bertz CT molecular complexity index is 351. The van der Waals surface area contributed by atoms with Gasteiger partial charge in [-0.15, -0.1) is 0 Å². The summed E-state index contributed by atoms with van der Waals surface area (Å²) >= 11 is 4.79. The largest absolute Gasteiger partial charge is 0.451 e. The van der Waals surface area contributed by atoms with Crippen molar-refractivity contribution in [1.82, 2.24) is 0 Å². The van der Waals surface area contributed by atoms with Gasteiger partial charge in [-0.05, 0) is 18.6 Å². The predicted molar refractivity (Wildman–Crippen MR) is 62.7 cm³/mol. The quantitative estimate of drug-likeness (QED) is 0.625. The molecule has 0 aliphatic carbocycles. The molecule has 0 heterocycles. The Kier molecular flexibility index (Phi) is 4.24. The molecule has 80 valence electrons. The van der Waals surface area contributed by atoms with Gasteiger partial charge < -0.3 is 10.5 Å². The van der Waals surface area contributed by atoms with Crippen LogP contribution in [0, 0.1) is 0 Å². The van der Waals surface area contributed by atoms with E-state index in [9.17, 15) is 4.79 Å². The van der Waals surface area contributed by atoms with Crippen LogP contribution >= 0.6 is 12.2 Å². The number of carbonyl (C=O) groups is 1. The predicted octanol–water partition coefficient (Wildman–Crippen LogP) is 1.91. The van der Waals surface area contributed by atoms with Crippen LogP contribution in [0.3, 0.4) is 0 Å². The molecule has 0 bridgehead atoms. The van der Waals surface area contributed by atoms with Crippen molar-refractivity contribution in [3.8, 4) is 0 Å². The van der Waals surface area contributed by atoms with Crippen molar-refractivity contribution in [3.63, 3.8) is 0 Å². The SMILES string of the molecule is CC[C@@H](OC(=O)c1ccccc1)C(N)=S. The van der Waals surface area contributed by atoms with Crippen molar-refractivity contribution < 1.29 is 9.53 Å². The minimum Gasteiger partial charge on any atom is -0.451 e. The fourth-order valence-electron chi connectivity index (χ4n) is 1.11. The first-order valence-electron chi connectivity index (χ1n) is 4.70. The number of nitrogens with two attached hydrogens (primary N) is 1. The van der Waals surface area contributed by atoms with Crippen molar-refractivity contribution in [3.05, 3.63) is 35.9 Å². The fraction of sp³-hybridized carbons (Fsp3) is 0.273. The number of rotatable bonds is 4. The molecular formula is C11H13NO2S. The molecule has 0 radical (unpaired) electrons. The summed E-state index contributed by atoms with van der Waals surface area (Å²) in [5, 5.41) is 0. The third-order valence-corrected chi connectivity index (χ3v) is 2.21. The van der Waals surface area contributed by atoms with Gasteiger partial charge in [0.05, 0.1) is 5.56 Å². The van der Waals surface area contributed by atoms with Gasteiger partial charge in [0, 0.05) is 0 Å². The van der Waals surface area contributed by atoms with Crippen LogP contribution in [-0.4, -0.2) is 17.1 Å². The number of ether oxygens (including phenoxy) is 1. The summed E-state index contributed by atoms with van der Waals surface area (Å²) in [4.78, 5) is 11.8. The Morgan fingerprint density at radius 1 is 1.47 bits per heavy atom. The van der Waals surface area contributed by atoms with E-state index >= 15 is 0 Å². The topological polar surface area (TPSA) is 52.3 Å². The lowest BCUT2D eigenvalue weighted by Crippen LogP contribution is -2.31. The maximum atomic E-state index is 11.6. The van der Waals surface area contributed by atoms with Crippen LogP contribution in [0.15, 0.2) is 30.3 Å².